The van der Waals surface area contributed by atoms with Gasteiger partial charge in [-0.1, -0.05) is 13.8 Å². The Morgan fingerprint density at radius 1 is 1.50 bits per heavy atom. The van der Waals surface area contributed by atoms with E-state index in [2.05, 4.69) is 37.8 Å². The monoisotopic (exact) mass is 159 g/mol. The van der Waals surface area contributed by atoms with Crippen LogP contribution in [0.4, 0.5) is 0 Å². The van der Waals surface area contributed by atoms with Crippen molar-refractivity contribution in [2.75, 3.05) is 5.75 Å². The molecule has 1 nitrogen and oxygen atoms in total. The number of rotatable bonds is 2. The van der Waals surface area contributed by atoms with E-state index in [9.17, 15) is 0 Å². The number of thioether (sulfide) groups is 1. The van der Waals surface area contributed by atoms with Crippen LogP contribution >= 0.6 is 11.8 Å². The molecule has 1 atom stereocenters. The van der Waals surface area contributed by atoms with Crippen LogP contribution in [-0.2, 0) is 0 Å². The first-order valence-electron chi connectivity index (χ1n) is 4.14. The largest absolute Gasteiger partial charge is 0.299 e. The molecule has 0 saturated carbocycles. The van der Waals surface area contributed by atoms with E-state index in [0.29, 0.717) is 10.9 Å². The third-order valence-corrected chi connectivity index (χ3v) is 4.18. The minimum Gasteiger partial charge on any atom is -0.299 e. The quantitative estimate of drug-likeness (QED) is 0.663. The van der Waals surface area contributed by atoms with E-state index >= 15 is 0 Å². The smallest absolute Gasteiger partial charge is 0.0642 e. The first-order chi connectivity index (χ1) is 4.72. The Hall–Kier alpha value is 0.310. The molecule has 0 radical (unpaired) electrons. The van der Waals surface area contributed by atoms with E-state index in [-0.39, 0.29) is 0 Å². The summed E-state index contributed by atoms with van der Waals surface area (Å²) in [6, 6.07) is 0.713. The lowest BCUT2D eigenvalue weighted by atomic mass is 10.1. The topological polar surface area (TPSA) is 12.0 Å². The molecule has 60 valence electrons. The third kappa shape index (κ3) is 1.48. The van der Waals surface area contributed by atoms with Gasteiger partial charge >= 0.3 is 0 Å². The zero-order chi connectivity index (χ0) is 7.61. The van der Waals surface area contributed by atoms with Crippen LogP contribution < -0.4 is 5.32 Å². The van der Waals surface area contributed by atoms with Crippen molar-refractivity contribution < 1.29 is 0 Å². The lowest BCUT2D eigenvalue weighted by Gasteiger charge is -2.25. The van der Waals surface area contributed by atoms with E-state index < -0.39 is 0 Å². The lowest BCUT2D eigenvalue weighted by Crippen LogP contribution is -2.39. The van der Waals surface area contributed by atoms with Gasteiger partial charge in [0.25, 0.3) is 0 Å². The average molecular weight is 159 g/mol. The molecule has 1 rings (SSSR count). The van der Waals surface area contributed by atoms with E-state index in [4.69, 9.17) is 0 Å². The molecule has 0 spiro atoms. The van der Waals surface area contributed by atoms with Gasteiger partial charge in [0, 0.05) is 11.8 Å². The molecule has 1 fully saturated rings. The highest BCUT2D eigenvalue weighted by atomic mass is 32.2. The van der Waals surface area contributed by atoms with Crippen LogP contribution in [0.5, 0.6) is 0 Å². The summed E-state index contributed by atoms with van der Waals surface area (Å²) in [6.07, 6.45) is 2.50. The number of hydrogen-bond acceptors (Lipinski definition) is 2. The van der Waals surface area contributed by atoms with Gasteiger partial charge in [0.05, 0.1) is 4.87 Å². The summed E-state index contributed by atoms with van der Waals surface area (Å²) >= 11 is 2.09. The van der Waals surface area contributed by atoms with Crippen molar-refractivity contribution >= 4 is 11.8 Å². The predicted molar refractivity (Wildman–Crippen MR) is 48.4 cm³/mol. The van der Waals surface area contributed by atoms with Gasteiger partial charge < -0.3 is 0 Å². The lowest BCUT2D eigenvalue weighted by molar-refractivity contribution is 0.429. The maximum atomic E-state index is 3.63. The minimum atomic E-state index is 0.416. The zero-order valence-electron chi connectivity index (χ0n) is 7.11. The van der Waals surface area contributed by atoms with Crippen molar-refractivity contribution in [1.29, 1.82) is 0 Å². The molecule has 1 saturated heterocycles. The molecule has 0 amide bonds. The van der Waals surface area contributed by atoms with Crippen LogP contribution in [0.25, 0.3) is 0 Å². The fraction of sp³-hybridized carbons (Fsp3) is 1.00. The van der Waals surface area contributed by atoms with Gasteiger partial charge in [-0.3, -0.25) is 5.32 Å². The fourth-order valence-electron chi connectivity index (χ4n) is 1.48. The molecule has 1 N–H and O–H groups in total. The standard InChI is InChI=1S/C8H17NS/c1-4-8(5-2)9-7(3)6-10-8/h7,9H,4-6H2,1-3H3. The molecular weight excluding hydrogens is 142 g/mol. The Morgan fingerprint density at radius 2 is 2.10 bits per heavy atom. The molecule has 2 heteroatoms. The van der Waals surface area contributed by atoms with Gasteiger partial charge in [-0.25, -0.2) is 0 Å². The molecular formula is C8H17NS. The summed E-state index contributed by atoms with van der Waals surface area (Å²) in [7, 11) is 0. The summed E-state index contributed by atoms with van der Waals surface area (Å²) in [5.41, 5.74) is 0. The van der Waals surface area contributed by atoms with Crippen molar-refractivity contribution in [1.82, 2.24) is 5.32 Å². The maximum Gasteiger partial charge on any atom is 0.0642 e. The van der Waals surface area contributed by atoms with Gasteiger partial charge in [-0.05, 0) is 19.8 Å². The van der Waals surface area contributed by atoms with Crippen LogP contribution in [-0.4, -0.2) is 16.7 Å². The fourth-order valence-corrected chi connectivity index (χ4v) is 2.82. The van der Waals surface area contributed by atoms with E-state index in [1.165, 1.54) is 18.6 Å². The SMILES string of the molecule is CCC1(CC)NC(C)CS1. The second-order valence-electron chi connectivity index (χ2n) is 3.06. The van der Waals surface area contributed by atoms with Crippen molar-refractivity contribution in [2.45, 2.75) is 44.5 Å². The van der Waals surface area contributed by atoms with Gasteiger partial charge in [-0.2, -0.15) is 0 Å². The summed E-state index contributed by atoms with van der Waals surface area (Å²) in [6.45, 7) is 6.79. The normalized spacial score (nSPS) is 30.9. The molecule has 0 aromatic carbocycles. The zero-order valence-corrected chi connectivity index (χ0v) is 7.92. The molecule has 0 aromatic rings. The molecule has 0 aromatic heterocycles. The Morgan fingerprint density at radius 3 is 2.30 bits per heavy atom. The Balaban J connectivity index is 2.51. The van der Waals surface area contributed by atoms with Crippen molar-refractivity contribution in [3.8, 4) is 0 Å². The van der Waals surface area contributed by atoms with Gasteiger partial charge in [0.15, 0.2) is 0 Å². The van der Waals surface area contributed by atoms with Crippen molar-refractivity contribution in [2.24, 2.45) is 0 Å². The van der Waals surface area contributed by atoms with Crippen LogP contribution in [0.1, 0.15) is 33.6 Å². The molecule has 10 heavy (non-hydrogen) atoms. The van der Waals surface area contributed by atoms with Gasteiger partial charge in [0.2, 0.25) is 0 Å². The second-order valence-corrected chi connectivity index (χ2v) is 4.46. The highest BCUT2D eigenvalue weighted by molar-refractivity contribution is 8.00. The van der Waals surface area contributed by atoms with Crippen molar-refractivity contribution in [3.05, 3.63) is 0 Å². The van der Waals surface area contributed by atoms with Gasteiger partial charge in [0.1, 0.15) is 0 Å². The molecule has 1 aliphatic heterocycles. The minimum absolute atomic E-state index is 0.416. The van der Waals surface area contributed by atoms with Crippen LogP contribution in [0, 0.1) is 0 Å². The van der Waals surface area contributed by atoms with Crippen LogP contribution in [0.3, 0.4) is 0 Å². The van der Waals surface area contributed by atoms with Gasteiger partial charge in [-0.15, -0.1) is 11.8 Å². The van der Waals surface area contributed by atoms with E-state index in [1.54, 1.807) is 0 Å². The third-order valence-electron chi connectivity index (χ3n) is 2.26. The van der Waals surface area contributed by atoms with Crippen LogP contribution in [0.2, 0.25) is 0 Å². The first kappa shape index (κ1) is 8.41. The predicted octanol–water partition coefficient (Wildman–Crippen LogP) is 2.23. The molecule has 1 heterocycles. The summed E-state index contributed by atoms with van der Waals surface area (Å²) in [5.74, 6) is 1.28. The maximum absolute atomic E-state index is 3.63. The highest BCUT2D eigenvalue weighted by Crippen LogP contribution is 2.35. The van der Waals surface area contributed by atoms with Crippen LogP contribution in [0.15, 0.2) is 0 Å². The Labute approximate surface area is 68.0 Å². The Kier molecular flexibility index (Phi) is 2.64. The molecule has 1 unspecified atom stereocenters. The summed E-state index contributed by atoms with van der Waals surface area (Å²) < 4.78 is 0. The average Bonchev–Trinajstić information content (AvgIpc) is 2.33. The Bertz CT molecular complexity index is 110. The molecule has 0 aliphatic carbocycles. The second kappa shape index (κ2) is 3.14. The van der Waals surface area contributed by atoms with E-state index in [0.717, 1.165) is 0 Å². The first-order valence-corrected chi connectivity index (χ1v) is 5.12. The molecule has 1 aliphatic rings. The molecule has 0 bridgehead atoms. The van der Waals surface area contributed by atoms with Crippen molar-refractivity contribution in [3.63, 3.8) is 0 Å². The number of nitrogens with one attached hydrogen (secondary N) is 1. The number of hydrogen-bond donors (Lipinski definition) is 1. The summed E-state index contributed by atoms with van der Waals surface area (Å²) in [4.78, 5) is 0.416. The summed E-state index contributed by atoms with van der Waals surface area (Å²) in [5, 5.41) is 3.63. The van der Waals surface area contributed by atoms with E-state index in [1.807, 2.05) is 0 Å². The highest BCUT2D eigenvalue weighted by Gasteiger charge is 2.33.